The van der Waals surface area contributed by atoms with E-state index >= 15 is 0 Å². The third-order valence-electron chi connectivity index (χ3n) is 4.54. The third-order valence-corrected chi connectivity index (χ3v) is 5.82. The van der Waals surface area contributed by atoms with Crippen molar-refractivity contribution in [1.29, 1.82) is 0 Å². The summed E-state index contributed by atoms with van der Waals surface area (Å²) in [6.07, 6.45) is 1.81. The number of nitrogens with one attached hydrogen (secondary N) is 1. The Hall–Kier alpha value is -3.22. The fraction of sp³-hybridized carbons (Fsp3) is 0.120. The number of halogens is 1. The predicted molar refractivity (Wildman–Crippen MR) is 131 cm³/mol. The second-order valence-electron chi connectivity index (χ2n) is 6.84. The smallest absolute Gasteiger partial charge is 0.264 e. The van der Waals surface area contributed by atoms with E-state index in [1.54, 1.807) is 0 Å². The molecule has 0 bridgehead atoms. The quantitative estimate of drug-likeness (QED) is 0.422. The van der Waals surface area contributed by atoms with Crippen LogP contribution in [0.15, 0.2) is 82.7 Å². The Morgan fingerprint density at radius 1 is 1.00 bits per heavy atom. The van der Waals surface area contributed by atoms with E-state index in [-0.39, 0.29) is 5.91 Å². The molecule has 0 atom stereocenters. The van der Waals surface area contributed by atoms with Crippen LogP contribution >= 0.6 is 23.4 Å². The van der Waals surface area contributed by atoms with Crippen LogP contribution in [0.5, 0.6) is 11.5 Å². The fourth-order valence-electron chi connectivity index (χ4n) is 3.02. The highest BCUT2D eigenvalue weighted by Gasteiger charge is 2.24. The summed E-state index contributed by atoms with van der Waals surface area (Å²) in [5.74, 6) is 1.04. The number of hydrogen-bond acceptors (Lipinski definition) is 5. The summed E-state index contributed by atoms with van der Waals surface area (Å²) in [7, 11) is 0. The third kappa shape index (κ3) is 5.52. The lowest BCUT2D eigenvalue weighted by Crippen LogP contribution is -2.19. The van der Waals surface area contributed by atoms with Gasteiger partial charge in [-0.2, -0.15) is 0 Å². The van der Waals surface area contributed by atoms with E-state index in [9.17, 15) is 4.79 Å². The number of para-hydroxylation sites is 1. The van der Waals surface area contributed by atoms with Crippen LogP contribution in [0.2, 0.25) is 5.02 Å². The van der Waals surface area contributed by atoms with Crippen LogP contribution in [0.25, 0.3) is 6.08 Å². The van der Waals surface area contributed by atoms with Gasteiger partial charge in [0.15, 0.2) is 16.7 Å². The van der Waals surface area contributed by atoms with Gasteiger partial charge in [-0.15, -0.1) is 0 Å². The molecule has 0 unspecified atom stereocenters. The number of benzene rings is 3. The maximum atomic E-state index is 12.4. The van der Waals surface area contributed by atoms with Gasteiger partial charge in [0.05, 0.1) is 17.2 Å². The van der Waals surface area contributed by atoms with E-state index in [0.29, 0.717) is 39.8 Å². The lowest BCUT2D eigenvalue weighted by Gasteiger charge is -2.13. The molecule has 162 valence electrons. The lowest BCUT2D eigenvalue weighted by atomic mass is 10.2. The van der Waals surface area contributed by atoms with Gasteiger partial charge >= 0.3 is 0 Å². The highest BCUT2D eigenvalue weighted by molar-refractivity contribution is 8.18. The number of aliphatic imine (C=N–C) groups is 1. The largest absolute Gasteiger partial charge is 0.490 e. The Kier molecular flexibility index (Phi) is 7.14. The Labute approximate surface area is 196 Å². The molecule has 0 radical (unpaired) electrons. The summed E-state index contributed by atoms with van der Waals surface area (Å²) < 4.78 is 11.7. The summed E-state index contributed by atoms with van der Waals surface area (Å²) in [6.45, 7) is 2.74. The van der Waals surface area contributed by atoms with Crippen molar-refractivity contribution in [2.24, 2.45) is 4.99 Å². The van der Waals surface area contributed by atoms with Crippen LogP contribution in [0.4, 0.5) is 5.69 Å². The average molecular weight is 465 g/mol. The molecule has 1 amide bonds. The van der Waals surface area contributed by atoms with E-state index in [4.69, 9.17) is 21.1 Å². The summed E-state index contributed by atoms with van der Waals surface area (Å²) in [4.78, 5) is 17.4. The molecular weight excluding hydrogens is 444 g/mol. The minimum atomic E-state index is -0.179. The SMILES string of the molecule is CCOc1cc(C=C2SC(=Nc3ccccc3)NC2=O)ccc1OCc1ccccc1Cl. The van der Waals surface area contributed by atoms with Crippen LogP contribution in [0.1, 0.15) is 18.1 Å². The molecule has 0 aliphatic carbocycles. The van der Waals surface area contributed by atoms with E-state index < -0.39 is 0 Å². The zero-order valence-electron chi connectivity index (χ0n) is 17.4. The van der Waals surface area contributed by atoms with E-state index in [2.05, 4.69) is 10.3 Å². The number of hydrogen-bond donors (Lipinski definition) is 1. The summed E-state index contributed by atoms with van der Waals surface area (Å²) in [5, 5.41) is 4.01. The fourth-order valence-corrected chi connectivity index (χ4v) is 4.06. The van der Waals surface area contributed by atoms with Crippen molar-refractivity contribution >= 4 is 46.2 Å². The number of carbonyl (C=O) groups is 1. The molecular formula is C25H21ClN2O3S. The highest BCUT2D eigenvalue weighted by atomic mass is 35.5. The van der Waals surface area contributed by atoms with Gasteiger partial charge < -0.3 is 14.8 Å². The second kappa shape index (κ2) is 10.4. The summed E-state index contributed by atoms with van der Waals surface area (Å²) >= 11 is 7.52. The molecule has 1 saturated heterocycles. The molecule has 3 aromatic rings. The Morgan fingerprint density at radius 3 is 2.56 bits per heavy atom. The molecule has 7 heteroatoms. The number of amides is 1. The molecule has 4 rings (SSSR count). The topological polar surface area (TPSA) is 59.9 Å². The van der Waals surface area contributed by atoms with E-state index in [1.165, 1.54) is 11.8 Å². The zero-order valence-corrected chi connectivity index (χ0v) is 19.0. The number of carbonyl (C=O) groups excluding carboxylic acids is 1. The Morgan fingerprint density at radius 2 is 1.78 bits per heavy atom. The van der Waals surface area contributed by atoms with Crippen molar-refractivity contribution in [3.8, 4) is 11.5 Å². The Balaban J connectivity index is 1.52. The first kappa shape index (κ1) is 22.0. The lowest BCUT2D eigenvalue weighted by molar-refractivity contribution is -0.115. The molecule has 0 aromatic heterocycles. The first-order chi connectivity index (χ1) is 15.6. The number of nitrogens with zero attached hydrogens (tertiary/aromatic N) is 1. The van der Waals surface area contributed by atoms with Crippen LogP contribution in [-0.2, 0) is 11.4 Å². The van der Waals surface area contributed by atoms with Crippen LogP contribution < -0.4 is 14.8 Å². The molecule has 32 heavy (non-hydrogen) atoms. The van der Waals surface area contributed by atoms with E-state index in [0.717, 1.165) is 16.8 Å². The van der Waals surface area contributed by atoms with Crippen molar-refractivity contribution in [2.75, 3.05) is 6.61 Å². The normalized spacial score (nSPS) is 15.8. The van der Waals surface area contributed by atoms with Gasteiger partial charge in [-0.05, 0) is 60.7 Å². The molecule has 1 aliphatic rings. The summed E-state index contributed by atoms with van der Waals surface area (Å²) in [5.41, 5.74) is 2.51. The molecule has 1 aliphatic heterocycles. The Bertz CT molecular complexity index is 1180. The molecule has 0 saturated carbocycles. The van der Waals surface area contributed by atoms with Gasteiger partial charge in [0, 0.05) is 10.6 Å². The molecule has 1 heterocycles. The van der Waals surface area contributed by atoms with Crippen molar-refractivity contribution < 1.29 is 14.3 Å². The molecule has 3 aromatic carbocycles. The number of thioether (sulfide) groups is 1. The first-order valence-corrected chi connectivity index (χ1v) is 11.3. The number of amidine groups is 1. The van der Waals surface area contributed by atoms with E-state index in [1.807, 2.05) is 85.8 Å². The van der Waals surface area contributed by atoms with Crippen LogP contribution in [-0.4, -0.2) is 17.7 Å². The maximum Gasteiger partial charge on any atom is 0.264 e. The predicted octanol–water partition coefficient (Wildman–Crippen LogP) is 6.21. The standard InChI is InChI=1S/C25H21ClN2O3S/c1-2-30-22-14-17(12-13-21(22)31-16-18-8-6-7-11-20(18)26)15-23-24(29)28-25(32-23)27-19-9-4-3-5-10-19/h3-15H,2,16H2,1H3,(H,27,28,29). The van der Waals surface area contributed by atoms with Crippen LogP contribution in [0.3, 0.4) is 0 Å². The molecule has 1 fully saturated rings. The van der Waals surface area contributed by atoms with Crippen molar-refractivity contribution in [1.82, 2.24) is 5.32 Å². The summed E-state index contributed by atoms with van der Waals surface area (Å²) in [6, 6.07) is 22.6. The van der Waals surface area contributed by atoms with Crippen molar-refractivity contribution in [3.63, 3.8) is 0 Å². The average Bonchev–Trinajstić information content (AvgIpc) is 3.13. The second-order valence-corrected chi connectivity index (χ2v) is 8.27. The number of ether oxygens (including phenoxy) is 2. The maximum absolute atomic E-state index is 12.4. The zero-order chi connectivity index (χ0) is 22.3. The van der Waals surface area contributed by atoms with Gasteiger partial charge in [0.1, 0.15) is 6.61 Å². The van der Waals surface area contributed by atoms with Crippen LogP contribution in [0, 0.1) is 0 Å². The van der Waals surface area contributed by atoms with Crippen molar-refractivity contribution in [3.05, 3.63) is 93.9 Å². The van der Waals surface area contributed by atoms with Gasteiger partial charge in [-0.3, -0.25) is 4.79 Å². The van der Waals surface area contributed by atoms with Gasteiger partial charge in [0.25, 0.3) is 5.91 Å². The monoisotopic (exact) mass is 464 g/mol. The first-order valence-electron chi connectivity index (χ1n) is 10.1. The van der Waals surface area contributed by atoms with Gasteiger partial charge in [-0.25, -0.2) is 4.99 Å². The van der Waals surface area contributed by atoms with Crippen molar-refractivity contribution in [2.45, 2.75) is 13.5 Å². The molecule has 1 N–H and O–H groups in total. The van der Waals surface area contributed by atoms with Gasteiger partial charge in [0.2, 0.25) is 0 Å². The number of rotatable bonds is 7. The minimum Gasteiger partial charge on any atom is -0.490 e. The van der Waals surface area contributed by atoms with Gasteiger partial charge in [-0.1, -0.05) is 54.1 Å². The molecule has 5 nitrogen and oxygen atoms in total. The molecule has 0 spiro atoms. The minimum absolute atomic E-state index is 0.179. The highest BCUT2D eigenvalue weighted by Crippen LogP contribution is 2.33.